The molecule has 5 aromatic rings. The van der Waals surface area contributed by atoms with Crippen LogP contribution in [0.4, 0.5) is 4.39 Å². The second-order valence-corrected chi connectivity index (χ2v) is 8.04. The fourth-order valence-corrected chi connectivity index (χ4v) is 4.15. The summed E-state index contributed by atoms with van der Waals surface area (Å²) < 4.78 is 21.6. The van der Waals surface area contributed by atoms with Crippen molar-refractivity contribution in [3.63, 3.8) is 0 Å². The average molecular weight is 483 g/mol. The Morgan fingerprint density at radius 3 is 2.70 bits per heavy atom. The van der Waals surface area contributed by atoms with Crippen molar-refractivity contribution in [1.29, 1.82) is 0 Å². The Hall–Kier alpha value is -3.11. The fraction of sp³-hybridized carbons (Fsp3) is 0.0500. The van der Waals surface area contributed by atoms with Gasteiger partial charge in [-0.05, 0) is 52.3 Å². The van der Waals surface area contributed by atoms with Crippen LogP contribution in [0.3, 0.4) is 0 Å². The van der Waals surface area contributed by atoms with Crippen molar-refractivity contribution in [2.45, 2.75) is 10.8 Å². The van der Waals surface area contributed by atoms with Gasteiger partial charge in [-0.3, -0.25) is 0 Å². The van der Waals surface area contributed by atoms with Crippen LogP contribution >= 0.6 is 27.7 Å². The fourth-order valence-electron chi connectivity index (χ4n) is 2.89. The normalized spacial score (nSPS) is 11.3. The molecule has 0 spiro atoms. The van der Waals surface area contributed by atoms with E-state index in [1.807, 2.05) is 24.3 Å². The maximum absolute atomic E-state index is 13.2. The first-order valence-electron chi connectivity index (χ1n) is 8.84. The summed E-state index contributed by atoms with van der Waals surface area (Å²) >= 11 is 4.94. The molecule has 0 saturated carbocycles. The first-order chi connectivity index (χ1) is 14.7. The largest absolute Gasteiger partial charge is 0.420 e. The summed E-state index contributed by atoms with van der Waals surface area (Å²) in [6.45, 7) is 0. The van der Waals surface area contributed by atoms with Gasteiger partial charge in [0.05, 0.1) is 28.6 Å². The van der Waals surface area contributed by atoms with Crippen molar-refractivity contribution in [3.05, 3.63) is 77.2 Å². The highest BCUT2D eigenvalue weighted by Crippen LogP contribution is 2.30. The second-order valence-electron chi connectivity index (χ2n) is 6.22. The lowest BCUT2D eigenvalue weighted by molar-refractivity contribution is 0.528. The second kappa shape index (κ2) is 7.96. The van der Waals surface area contributed by atoms with E-state index in [1.165, 1.54) is 30.2 Å². The number of fused-ring (bicyclic) bond motifs is 1. The van der Waals surface area contributed by atoms with Gasteiger partial charge in [-0.1, -0.05) is 23.9 Å². The predicted molar refractivity (Wildman–Crippen MR) is 114 cm³/mol. The summed E-state index contributed by atoms with van der Waals surface area (Å²) in [4.78, 5) is 8.70. The van der Waals surface area contributed by atoms with E-state index >= 15 is 0 Å². The van der Waals surface area contributed by atoms with Crippen LogP contribution < -0.4 is 0 Å². The van der Waals surface area contributed by atoms with Crippen LogP contribution in [0.1, 0.15) is 5.89 Å². The third kappa shape index (κ3) is 3.59. The third-order valence-electron chi connectivity index (χ3n) is 4.30. The SMILES string of the molecule is Fc1ccc(-n2ncc3c(SCc4nnc(-c5ccccc5Br)o4)ncnc32)cc1. The van der Waals surface area contributed by atoms with E-state index in [1.54, 1.807) is 23.0 Å². The Labute approximate surface area is 182 Å². The van der Waals surface area contributed by atoms with Crippen LogP contribution in [0.15, 0.2) is 75.0 Å². The molecule has 3 aromatic heterocycles. The van der Waals surface area contributed by atoms with E-state index in [-0.39, 0.29) is 5.82 Å². The molecule has 5 rings (SSSR count). The molecule has 2 aromatic carbocycles. The van der Waals surface area contributed by atoms with Gasteiger partial charge >= 0.3 is 0 Å². The third-order valence-corrected chi connectivity index (χ3v) is 5.99. The molecule has 0 N–H and O–H groups in total. The zero-order valence-electron chi connectivity index (χ0n) is 15.2. The number of hydrogen-bond donors (Lipinski definition) is 0. The minimum atomic E-state index is -0.303. The molecule has 30 heavy (non-hydrogen) atoms. The van der Waals surface area contributed by atoms with Crippen LogP contribution in [-0.2, 0) is 5.75 Å². The Morgan fingerprint density at radius 1 is 1.03 bits per heavy atom. The standard InChI is InChI=1S/C20H12BrFN6OS/c21-16-4-2-1-3-14(16)19-27-26-17(29-19)10-30-20-15-9-25-28(18(15)23-11-24-20)13-7-5-12(22)6-8-13/h1-9,11H,10H2. The molecule has 0 aliphatic carbocycles. The number of thioether (sulfide) groups is 1. The molecule has 10 heteroatoms. The van der Waals surface area contributed by atoms with Gasteiger partial charge < -0.3 is 4.42 Å². The van der Waals surface area contributed by atoms with Crippen LogP contribution in [0.25, 0.3) is 28.2 Å². The molecule has 0 atom stereocenters. The molecular formula is C20H12BrFN6OS. The molecule has 148 valence electrons. The molecule has 0 bridgehead atoms. The minimum absolute atomic E-state index is 0.303. The lowest BCUT2D eigenvalue weighted by atomic mass is 10.2. The minimum Gasteiger partial charge on any atom is -0.420 e. The average Bonchev–Trinajstić information content (AvgIpc) is 3.41. The lowest BCUT2D eigenvalue weighted by Crippen LogP contribution is -1.98. The maximum Gasteiger partial charge on any atom is 0.248 e. The highest BCUT2D eigenvalue weighted by atomic mass is 79.9. The van der Waals surface area contributed by atoms with E-state index in [2.05, 4.69) is 41.2 Å². The number of benzene rings is 2. The molecule has 0 aliphatic heterocycles. The monoisotopic (exact) mass is 482 g/mol. The zero-order valence-corrected chi connectivity index (χ0v) is 17.6. The maximum atomic E-state index is 13.2. The van der Waals surface area contributed by atoms with E-state index in [4.69, 9.17) is 4.42 Å². The van der Waals surface area contributed by atoms with Gasteiger partial charge in [0, 0.05) is 4.47 Å². The molecule has 3 heterocycles. The molecule has 0 aliphatic rings. The molecule has 0 amide bonds. The number of nitrogens with zero attached hydrogens (tertiary/aromatic N) is 6. The van der Waals surface area contributed by atoms with Crippen LogP contribution in [0.5, 0.6) is 0 Å². The van der Waals surface area contributed by atoms with E-state index in [0.717, 1.165) is 26.1 Å². The highest BCUT2D eigenvalue weighted by molar-refractivity contribution is 9.10. The molecule has 0 fully saturated rings. The first-order valence-corrected chi connectivity index (χ1v) is 10.6. The highest BCUT2D eigenvalue weighted by Gasteiger charge is 2.15. The van der Waals surface area contributed by atoms with Crippen LogP contribution in [-0.4, -0.2) is 29.9 Å². The molecular weight excluding hydrogens is 471 g/mol. The Morgan fingerprint density at radius 2 is 1.87 bits per heavy atom. The van der Waals surface area contributed by atoms with Crippen molar-refractivity contribution < 1.29 is 8.81 Å². The summed E-state index contributed by atoms with van der Waals surface area (Å²) in [6, 6.07) is 13.7. The Balaban J connectivity index is 1.39. The number of aromatic nitrogens is 6. The summed E-state index contributed by atoms with van der Waals surface area (Å²) in [5, 5.41) is 14.2. The van der Waals surface area contributed by atoms with Gasteiger partial charge in [0.15, 0.2) is 5.65 Å². The van der Waals surface area contributed by atoms with Gasteiger partial charge in [0.25, 0.3) is 0 Å². The first kappa shape index (κ1) is 18.9. The quantitative estimate of drug-likeness (QED) is 0.255. The van der Waals surface area contributed by atoms with Gasteiger partial charge in [0.2, 0.25) is 11.8 Å². The van der Waals surface area contributed by atoms with Crippen molar-refractivity contribution in [2.75, 3.05) is 0 Å². The summed E-state index contributed by atoms with van der Waals surface area (Å²) in [7, 11) is 0. The molecule has 0 unspecified atom stereocenters. The van der Waals surface area contributed by atoms with Crippen molar-refractivity contribution in [3.8, 4) is 17.1 Å². The van der Waals surface area contributed by atoms with Gasteiger partial charge in [-0.15, -0.1) is 10.2 Å². The zero-order chi connectivity index (χ0) is 20.5. The van der Waals surface area contributed by atoms with Crippen molar-refractivity contribution >= 4 is 38.7 Å². The lowest BCUT2D eigenvalue weighted by Gasteiger charge is -2.03. The Bertz CT molecular complexity index is 1340. The topological polar surface area (TPSA) is 82.5 Å². The molecule has 0 saturated heterocycles. The summed E-state index contributed by atoms with van der Waals surface area (Å²) in [6.07, 6.45) is 3.17. The van der Waals surface area contributed by atoms with Crippen molar-refractivity contribution in [1.82, 2.24) is 29.9 Å². The smallest absolute Gasteiger partial charge is 0.248 e. The molecule has 7 nitrogen and oxygen atoms in total. The van der Waals surface area contributed by atoms with Crippen molar-refractivity contribution in [2.24, 2.45) is 0 Å². The van der Waals surface area contributed by atoms with E-state index < -0.39 is 0 Å². The number of halogens is 2. The van der Waals surface area contributed by atoms with E-state index in [0.29, 0.717) is 23.2 Å². The summed E-state index contributed by atoms with van der Waals surface area (Å²) in [5.41, 5.74) is 2.20. The van der Waals surface area contributed by atoms with Crippen LogP contribution in [0.2, 0.25) is 0 Å². The number of rotatable bonds is 5. The number of hydrogen-bond acceptors (Lipinski definition) is 7. The van der Waals surface area contributed by atoms with Crippen LogP contribution in [0, 0.1) is 5.82 Å². The van der Waals surface area contributed by atoms with E-state index in [9.17, 15) is 4.39 Å². The predicted octanol–water partition coefficient (Wildman–Crippen LogP) is 5.06. The van der Waals surface area contributed by atoms with Gasteiger partial charge in [0.1, 0.15) is 17.2 Å². The molecule has 0 radical (unpaired) electrons. The van der Waals surface area contributed by atoms with Gasteiger partial charge in [-0.2, -0.15) is 5.10 Å². The van der Waals surface area contributed by atoms with Gasteiger partial charge in [-0.25, -0.2) is 19.0 Å². The summed E-state index contributed by atoms with van der Waals surface area (Å²) in [5.74, 6) is 1.09. The Kier molecular flexibility index (Phi) is 5.01.